The lowest BCUT2D eigenvalue weighted by molar-refractivity contribution is -0.740. The summed E-state index contributed by atoms with van der Waals surface area (Å²) in [6, 6.07) is 5.18. The summed E-state index contributed by atoms with van der Waals surface area (Å²) in [5, 5.41) is 22.2. The third kappa shape index (κ3) is 3.36. The summed E-state index contributed by atoms with van der Waals surface area (Å²) < 4.78 is 0. The minimum atomic E-state index is -0.541. The first-order chi connectivity index (χ1) is 10.0. The number of unbranched alkanes of at least 4 members (excludes halogenated alkanes) is 1. The molecule has 1 aliphatic heterocycles. The van der Waals surface area contributed by atoms with Gasteiger partial charge in [0.2, 0.25) is 0 Å². The van der Waals surface area contributed by atoms with Gasteiger partial charge in [0.25, 0.3) is 17.2 Å². The molecule has 1 heterocycles. The van der Waals surface area contributed by atoms with E-state index in [9.17, 15) is 20.1 Å². The van der Waals surface area contributed by atoms with E-state index in [1.165, 1.54) is 24.3 Å². The van der Waals surface area contributed by atoms with Gasteiger partial charge < -0.3 is 4.84 Å². The lowest BCUT2D eigenvalue weighted by Gasteiger charge is -2.09. The maximum Gasteiger partial charge on any atom is 0.293 e. The summed E-state index contributed by atoms with van der Waals surface area (Å²) in [6.07, 6.45) is 2.66. The molecule has 0 bridgehead atoms. The van der Waals surface area contributed by atoms with Gasteiger partial charge >= 0.3 is 0 Å². The Bertz CT molecular complexity index is 580. The fourth-order valence-corrected chi connectivity index (χ4v) is 2.19. The van der Waals surface area contributed by atoms with Gasteiger partial charge in [-0.25, -0.2) is 0 Å². The minimum Gasteiger partial charge on any atom is -0.399 e. The maximum atomic E-state index is 12.2. The molecule has 0 aromatic heterocycles. The SMILES string of the molecule is CCCCC1CC(C(=O)c2ccc([N+](=O)[O-])cc2)=[N+]([O-])O1. The van der Waals surface area contributed by atoms with Crippen molar-refractivity contribution in [2.75, 3.05) is 0 Å². The van der Waals surface area contributed by atoms with Crippen LogP contribution in [0.2, 0.25) is 0 Å². The fraction of sp³-hybridized carbons (Fsp3) is 0.429. The average molecular weight is 292 g/mol. The molecule has 7 heteroatoms. The highest BCUT2D eigenvalue weighted by molar-refractivity contribution is 6.44. The van der Waals surface area contributed by atoms with Crippen molar-refractivity contribution in [3.8, 4) is 0 Å². The molecule has 7 nitrogen and oxygen atoms in total. The van der Waals surface area contributed by atoms with E-state index in [4.69, 9.17) is 4.84 Å². The molecule has 1 unspecified atom stereocenters. The zero-order chi connectivity index (χ0) is 15.4. The molecule has 0 N–H and O–H groups in total. The quantitative estimate of drug-likeness (QED) is 0.347. The molecule has 2 rings (SSSR count). The maximum absolute atomic E-state index is 12.2. The van der Waals surface area contributed by atoms with Gasteiger partial charge in [0, 0.05) is 22.6 Å². The van der Waals surface area contributed by atoms with Gasteiger partial charge in [0.1, 0.15) is 0 Å². The molecule has 0 saturated heterocycles. The zero-order valence-electron chi connectivity index (χ0n) is 11.7. The smallest absolute Gasteiger partial charge is 0.293 e. The number of carbonyl (C=O) groups is 1. The van der Waals surface area contributed by atoms with Crippen molar-refractivity contribution in [3.05, 3.63) is 45.2 Å². The second-order valence-corrected chi connectivity index (χ2v) is 4.91. The van der Waals surface area contributed by atoms with Crippen molar-refractivity contribution in [2.24, 2.45) is 0 Å². The van der Waals surface area contributed by atoms with Crippen LogP contribution in [0.3, 0.4) is 0 Å². The summed E-state index contributed by atoms with van der Waals surface area (Å²) >= 11 is 0. The van der Waals surface area contributed by atoms with E-state index in [0.29, 0.717) is 0 Å². The Labute approximate surface area is 121 Å². The first kappa shape index (κ1) is 15.0. The van der Waals surface area contributed by atoms with Crippen LogP contribution in [-0.2, 0) is 4.84 Å². The Morgan fingerprint density at radius 2 is 2.10 bits per heavy atom. The first-order valence-corrected chi connectivity index (χ1v) is 6.82. The van der Waals surface area contributed by atoms with Crippen molar-refractivity contribution < 1.29 is 19.5 Å². The van der Waals surface area contributed by atoms with Gasteiger partial charge in [-0.2, -0.15) is 0 Å². The van der Waals surface area contributed by atoms with Crippen LogP contribution in [0.15, 0.2) is 24.3 Å². The van der Waals surface area contributed by atoms with Crippen molar-refractivity contribution in [3.63, 3.8) is 0 Å². The Morgan fingerprint density at radius 1 is 1.43 bits per heavy atom. The molecule has 1 atom stereocenters. The number of hydrogen-bond acceptors (Lipinski definition) is 5. The van der Waals surface area contributed by atoms with Crippen LogP contribution in [0.5, 0.6) is 0 Å². The number of carbonyl (C=O) groups excluding carboxylic acids is 1. The highest BCUT2D eigenvalue weighted by atomic mass is 16.9. The highest BCUT2D eigenvalue weighted by Crippen LogP contribution is 2.19. The monoisotopic (exact) mass is 292 g/mol. The Hall–Kier alpha value is -2.44. The van der Waals surface area contributed by atoms with Crippen molar-refractivity contribution >= 4 is 17.2 Å². The second kappa shape index (κ2) is 6.34. The van der Waals surface area contributed by atoms with Crippen LogP contribution in [0.1, 0.15) is 43.0 Å². The highest BCUT2D eigenvalue weighted by Gasteiger charge is 2.34. The number of ketones is 1. The standard InChI is InChI=1S/C14H16N2O5/c1-2-3-4-12-9-13(16(20)21-12)14(17)10-5-7-11(8-6-10)15(18)19/h5-8,12H,2-4,9H2,1H3. The van der Waals surface area contributed by atoms with E-state index in [2.05, 4.69) is 0 Å². The lowest BCUT2D eigenvalue weighted by atomic mass is 10.0. The fourth-order valence-electron chi connectivity index (χ4n) is 2.19. The van der Waals surface area contributed by atoms with Crippen molar-refractivity contribution in [1.82, 2.24) is 0 Å². The second-order valence-electron chi connectivity index (χ2n) is 4.91. The Balaban J connectivity index is 2.09. The van der Waals surface area contributed by atoms with Gasteiger partial charge in [-0.1, -0.05) is 19.8 Å². The van der Waals surface area contributed by atoms with Gasteiger partial charge in [0.15, 0.2) is 0 Å². The predicted molar refractivity (Wildman–Crippen MR) is 75.1 cm³/mol. The minimum absolute atomic E-state index is 0.0463. The molecule has 0 aliphatic carbocycles. The molecule has 1 aromatic carbocycles. The normalized spacial score (nSPS) is 17.7. The summed E-state index contributed by atoms with van der Waals surface area (Å²) in [7, 11) is 0. The largest absolute Gasteiger partial charge is 0.399 e. The van der Waals surface area contributed by atoms with E-state index in [-0.39, 0.29) is 34.4 Å². The molecule has 0 spiro atoms. The number of rotatable bonds is 6. The number of non-ortho nitro benzene ring substituents is 1. The van der Waals surface area contributed by atoms with Gasteiger partial charge in [-0.05, 0) is 18.6 Å². The summed E-state index contributed by atoms with van der Waals surface area (Å²) in [5.41, 5.74) is 0.195. The molecular weight excluding hydrogens is 276 g/mol. The third-order valence-electron chi connectivity index (χ3n) is 3.37. The molecule has 0 fully saturated rings. The van der Waals surface area contributed by atoms with Crippen LogP contribution in [0.25, 0.3) is 0 Å². The third-order valence-corrected chi connectivity index (χ3v) is 3.37. The molecule has 0 radical (unpaired) electrons. The van der Waals surface area contributed by atoms with Crippen LogP contribution in [0, 0.1) is 15.3 Å². The molecule has 1 aromatic rings. The summed E-state index contributed by atoms with van der Waals surface area (Å²) in [5.74, 6) is -0.445. The number of Topliss-reactive ketones (excluding diaryl/α,β-unsaturated/α-hetero) is 1. The van der Waals surface area contributed by atoms with Gasteiger partial charge in [-0.3, -0.25) is 20.1 Å². The molecule has 1 aliphatic rings. The van der Waals surface area contributed by atoms with E-state index in [1.54, 1.807) is 0 Å². The predicted octanol–water partition coefficient (Wildman–Crippen LogP) is 2.62. The molecule has 21 heavy (non-hydrogen) atoms. The van der Waals surface area contributed by atoms with Gasteiger partial charge in [-0.15, -0.1) is 0 Å². The van der Waals surface area contributed by atoms with E-state index in [1.807, 2.05) is 6.92 Å². The van der Waals surface area contributed by atoms with Crippen LogP contribution in [0.4, 0.5) is 5.69 Å². The summed E-state index contributed by atoms with van der Waals surface area (Å²) in [6.45, 7) is 2.04. The zero-order valence-corrected chi connectivity index (χ0v) is 11.7. The topological polar surface area (TPSA) is 95.5 Å². The molecule has 0 amide bonds. The lowest BCUT2D eigenvalue weighted by Crippen LogP contribution is -2.19. The molecule has 112 valence electrons. The van der Waals surface area contributed by atoms with Crippen LogP contribution < -0.4 is 0 Å². The van der Waals surface area contributed by atoms with Crippen LogP contribution >= 0.6 is 0 Å². The number of nitro benzene ring substituents is 1. The number of benzene rings is 1. The van der Waals surface area contributed by atoms with E-state index in [0.717, 1.165) is 19.3 Å². The number of nitrogens with zero attached hydrogens (tertiary/aromatic N) is 2. The Morgan fingerprint density at radius 3 is 2.67 bits per heavy atom. The molecule has 0 saturated carbocycles. The Kier molecular flexibility index (Phi) is 4.52. The number of nitro groups is 1. The van der Waals surface area contributed by atoms with E-state index < -0.39 is 10.7 Å². The molecular formula is C14H16N2O5. The van der Waals surface area contributed by atoms with E-state index >= 15 is 0 Å². The first-order valence-electron chi connectivity index (χ1n) is 6.82. The van der Waals surface area contributed by atoms with Gasteiger partial charge in [0.05, 0.1) is 17.4 Å². The summed E-state index contributed by atoms with van der Waals surface area (Å²) in [4.78, 5) is 27.6. The van der Waals surface area contributed by atoms with Crippen molar-refractivity contribution in [2.45, 2.75) is 38.7 Å². The average Bonchev–Trinajstić information content (AvgIpc) is 2.85. The van der Waals surface area contributed by atoms with Crippen LogP contribution in [-0.4, -0.2) is 27.4 Å². The number of hydrogen-bond donors (Lipinski definition) is 0. The van der Waals surface area contributed by atoms with Crippen molar-refractivity contribution in [1.29, 1.82) is 0 Å².